The van der Waals surface area contributed by atoms with Crippen LogP contribution >= 0.6 is 0 Å². The van der Waals surface area contributed by atoms with Crippen molar-refractivity contribution in [3.05, 3.63) is 77.3 Å². The monoisotopic (exact) mass is 440 g/mol. The summed E-state index contributed by atoms with van der Waals surface area (Å²) in [4.78, 5) is 14.1. The van der Waals surface area contributed by atoms with Crippen LogP contribution in [0.3, 0.4) is 0 Å². The van der Waals surface area contributed by atoms with Crippen molar-refractivity contribution < 1.29 is 14.3 Å². The van der Waals surface area contributed by atoms with Crippen LogP contribution in [0.25, 0.3) is 0 Å². The Balaban J connectivity index is 0.000000477. The van der Waals surface area contributed by atoms with Gasteiger partial charge >= 0.3 is 0 Å². The average molecular weight is 441 g/mol. The zero-order valence-corrected chi connectivity index (χ0v) is 20.8. The highest BCUT2D eigenvalue weighted by Crippen LogP contribution is 2.26. The van der Waals surface area contributed by atoms with Crippen LogP contribution in [0.2, 0.25) is 0 Å². The van der Waals surface area contributed by atoms with E-state index in [0.29, 0.717) is 12.4 Å². The zero-order valence-electron chi connectivity index (χ0n) is 20.8. The highest BCUT2D eigenvalue weighted by atomic mass is 16.5. The van der Waals surface area contributed by atoms with Crippen LogP contribution in [0.15, 0.2) is 66.2 Å². The summed E-state index contributed by atoms with van der Waals surface area (Å²) in [5.74, 6) is 1.93. The lowest BCUT2D eigenvalue weighted by molar-refractivity contribution is -0.118. The van der Waals surface area contributed by atoms with Crippen molar-refractivity contribution in [2.24, 2.45) is 0 Å². The third kappa shape index (κ3) is 8.66. The lowest BCUT2D eigenvalue weighted by Gasteiger charge is -2.29. The number of ether oxygens (including phenoxy) is 2. The van der Waals surface area contributed by atoms with Gasteiger partial charge in [0.1, 0.15) is 24.3 Å². The fourth-order valence-corrected chi connectivity index (χ4v) is 3.10. The van der Waals surface area contributed by atoms with Crippen molar-refractivity contribution in [3.8, 4) is 5.75 Å². The summed E-state index contributed by atoms with van der Waals surface area (Å²) in [6.45, 7) is 13.6. The van der Waals surface area contributed by atoms with Crippen molar-refractivity contribution in [3.63, 3.8) is 0 Å². The van der Waals surface area contributed by atoms with Gasteiger partial charge in [-0.25, -0.2) is 0 Å². The summed E-state index contributed by atoms with van der Waals surface area (Å²) >= 11 is 0. The van der Waals surface area contributed by atoms with Gasteiger partial charge in [-0.15, -0.1) is 0 Å². The highest BCUT2D eigenvalue weighted by Gasteiger charge is 2.25. The number of carbonyl (C=O) groups excluding carboxylic acids is 1. The van der Waals surface area contributed by atoms with E-state index in [2.05, 4.69) is 24.4 Å². The van der Waals surface area contributed by atoms with E-state index in [1.807, 2.05) is 82.1 Å². The Morgan fingerprint density at radius 1 is 1.09 bits per heavy atom. The molecule has 1 aliphatic heterocycles. The maximum atomic E-state index is 12.1. The Morgan fingerprint density at radius 3 is 2.25 bits per heavy atom. The molecule has 0 aliphatic carbocycles. The molecule has 0 fully saturated rings. The minimum absolute atomic E-state index is 0.0832. The van der Waals surface area contributed by atoms with Crippen LogP contribution in [-0.2, 0) is 16.0 Å². The molecule has 0 bridgehead atoms. The quantitative estimate of drug-likeness (QED) is 0.465. The van der Waals surface area contributed by atoms with Crippen LogP contribution in [0.1, 0.15) is 45.7 Å². The number of fused-ring (bicyclic) bond motifs is 1. The molecule has 3 rings (SSSR count). The molecule has 0 saturated heterocycles. The predicted octanol–water partition coefficient (Wildman–Crippen LogP) is 5.35. The third-order valence-corrected chi connectivity index (χ3v) is 4.81. The van der Waals surface area contributed by atoms with Crippen molar-refractivity contribution in [1.29, 1.82) is 0 Å². The van der Waals surface area contributed by atoms with Gasteiger partial charge in [0, 0.05) is 33.5 Å². The van der Waals surface area contributed by atoms with Crippen LogP contribution < -0.4 is 10.1 Å². The number of hydrogen-bond donors (Lipinski definition) is 1. The molecule has 176 valence electrons. The first-order chi connectivity index (χ1) is 15.5. The van der Waals surface area contributed by atoms with Gasteiger partial charge in [0.15, 0.2) is 5.78 Å². The second-order valence-electron chi connectivity index (χ2n) is 7.30. The van der Waals surface area contributed by atoms with Crippen molar-refractivity contribution in [1.82, 2.24) is 10.2 Å². The number of benzene rings is 2. The van der Waals surface area contributed by atoms with Crippen LogP contribution in [-0.4, -0.2) is 43.5 Å². The van der Waals surface area contributed by atoms with Gasteiger partial charge in [-0.05, 0) is 32.4 Å². The van der Waals surface area contributed by atoms with E-state index in [-0.39, 0.29) is 11.9 Å². The molecule has 0 radical (unpaired) electrons. The van der Waals surface area contributed by atoms with Gasteiger partial charge < -0.3 is 19.7 Å². The van der Waals surface area contributed by atoms with Gasteiger partial charge in [-0.3, -0.25) is 4.79 Å². The average Bonchev–Trinajstić information content (AvgIpc) is 2.82. The first kappa shape index (κ1) is 27.1. The normalized spacial score (nSPS) is 14.7. The SMILES string of the molecule is CC.CCN/C(=C(\OC1COc2ccccc2C1)C(C)=O)N(C)CC.Cc1ccccc1. The zero-order chi connectivity index (χ0) is 23.9. The second kappa shape index (κ2) is 15.0. The van der Waals surface area contributed by atoms with E-state index < -0.39 is 0 Å². The number of nitrogens with one attached hydrogen (secondary N) is 1. The molecule has 0 aromatic heterocycles. The lowest BCUT2D eigenvalue weighted by atomic mass is 10.0. The Hall–Kier alpha value is -2.95. The molecule has 1 N–H and O–H groups in total. The lowest BCUT2D eigenvalue weighted by Crippen LogP contribution is -2.35. The molecule has 1 atom stereocenters. The number of carbonyl (C=O) groups is 1. The Morgan fingerprint density at radius 2 is 1.72 bits per heavy atom. The van der Waals surface area contributed by atoms with E-state index in [1.54, 1.807) is 0 Å². The minimum Gasteiger partial charge on any atom is -0.489 e. The molecule has 0 amide bonds. The summed E-state index contributed by atoms with van der Waals surface area (Å²) in [5.41, 5.74) is 2.43. The molecular formula is C27H40N2O3. The molecule has 32 heavy (non-hydrogen) atoms. The van der Waals surface area contributed by atoms with Gasteiger partial charge in [0.2, 0.25) is 5.76 Å². The minimum atomic E-state index is -0.164. The fraction of sp³-hybridized carbons (Fsp3) is 0.444. The van der Waals surface area contributed by atoms with E-state index in [9.17, 15) is 4.79 Å². The second-order valence-corrected chi connectivity index (χ2v) is 7.30. The molecule has 2 aromatic rings. The molecule has 1 unspecified atom stereocenters. The fourth-order valence-electron chi connectivity index (χ4n) is 3.10. The summed E-state index contributed by atoms with van der Waals surface area (Å²) in [7, 11) is 1.94. The number of aryl methyl sites for hydroxylation is 1. The van der Waals surface area contributed by atoms with Crippen molar-refractivity contribution >= 4 is 5.78 Å². The smallest absolute Gasteiger partial charge is 0.202 e. The number of para-hydroxylation sites is 1. The Bertz CT molecular complexity index is 834. The number of hydrogen-bond acceptors (Lipinski definition) is 5. The molecule has 2 aromatic carbocycles. The third-order valence-electron chi connectivity index (χ3n) is 4.81. The maximum absolute atomic E-state index is 12.1. The predicted molar refractivity (Wildman–Crippen MR) is 133 cm³/mol. The molecule has 0 spiro atoms. The first-order valence-electron chi connectivity index (χ1n) is 11.5. The van der Waals surface area contributed by atoms with Gasteiger partial charge in [0.25, 0.3) is 0 Å². The summed E-state index contributed by atoms with van der Waals surface area (Å²) in [5, 5.41) is 3.24. The van der Waals surface area contributed by atoms with Crippen LogP contribution in [0.4, 0.5) is 0 Å². The molecule has 5 nitrogen and oxygen atoms in total. The molecular weight excluding hydrogens is 400 g/mol. The first-order valence-corrected chi connectivity index (χ1v) is 11.5. The Labute approximate surface area is 194 Å². The molecule has 1 heterocycles. The highest BCUT2D eigenvalue weighted by molar-refractivity contribution is 5.91. The number of Topliss-reactive ketones (excluding diaryl/α,β-unsaturated/α-hetero) is 1. The molecule has 0 saturated carbocycles. The molecule has 5 heteroatoms. The van der Waals surface area contributed by atoms with Gasteiger partial charge in [-0.1, -0.05) is 67.9 Å². The Kier molecular flexibility index (Phi) is 12.7. The van der Waals surface area contributed by atoms with E-state index in [0.717, 1.165) is 36.6 Å². The number of allylic oxidation sites excluding steroid dienone is 1. The van der Waals surface area contributed by atoms with E-state index in [1.165, 1.54) is 12.5 Å². The molecule has 1 aliphatic rings. The van der Waals surface area contributed by atoms with Gasteiger partial charge in [-0.2, -0.15) is 0 Å². The largest absolute Gasteiger partial charge is 0.489 e. The van der Waals surface area contributed by atoms with E-state index in [4.69, 9.17) is 9.47 Å². The van der Waals surface area contributed by atoms with Crippen LogP contribution in [0, 0.1) is 6.92 Å². The maximum Gasteiger partial charge on any atom is 0.202 e. The van der Waals surface area contributed by atoms with Gasteiger partial charge in [0.05, 0.1) is 0 Å². The topological polar surface area (TPSA) is 50.8 Å². The summed E-state index contributed by atoms with van der Waals surface area (Å²) in [6.07, 6.45) is 0.574. The van der Waals surface area contributed by atoms with Crippen molar-refractivity contribution in [2.75, 3.05) is 26.7 Å². The van der Waals surface area contributed by atoms with Crippen molar-refractivity contribution in [2.45, 2.75) is 54.1 Å². The van der Waals surface area contributed by atoms with Crippen LogP contribution in [0.5, 0.6) is 5.75 Å². The number of rotatable bonds is 7. The van der Waals surface area contributed by atoms with E-state index >= 15 is 0 Å². The summed E-state index contributed by atoms with van der Waals surface area (Å²) < 4.78 is 11.8. The standard InChI is InChI=1S/C18H26N2O3.C7H8.C2H6/c1-5-19-18(20(4)6-2)17(13(3)21)23-15-11-14-9-7-8-10-16(14)22-12-15;1-7-5-3-2-4-6-7;1-2/h7-10,15,19H,5-6,11-12H2,1-4H3;2-6H,1H3;1-2H3/b18-17+;;. The summed E-state index contributed by atoms with van der Waals surface area (Å²) in [6, 6.07) is 18.2. The number of nitrogens with zero attached hydrogens (tertiary/aromatic N) is 1. The number of ketones is 1.